The maximum atomic E-state index is 11.6. The minimum atomic E-state index is -1.46. The topological polar surface area (TPSA) is 82.4 Å². The van der Waals surface area contributed by atoms with Gasteiger partial charge in [0.2, 0.25) is 17.0 Å². The molecule has 0 saturated carbocycles. The lowest BCUT2D eigenvalue weighted by atomic mass is 10.5. The van der Waals surface area contributed by atoms with Crippen LogP contribution in [0.2, 0.25) is 0 Å². The summed E-state index contributed by atoms with van der Waals surface area (Å²) in [5.74, 6) is -0.0888. The van der Waals surface area contributed by atoms with Crippen molar-refractivity contribution in [2.24, 2.45) is 10.2 Å². The Labute approximate surface area is 116 Å². The third-order valence-corrected chi connectivity index (χ3v) is 4.73. The highest BCUT2D eigenvalue weighted by Gasteiger charge is 2.32. The lowest BCUT2D eigenvalue weighted by Crippen LogP contribution is -2.29. The normalized spacial score (nSPS) is 27.9. The fourth-order valence-corrected chi connectivity index (χ4v) is 3.44. The molecule has 2 fully saturated rings. The summed E-state index contributed by atoms with van der Waals surface area (Å²) in [6.07, 6.45) is 1.59. The summed E-state index contributed by atoms with van der Waals surface area (Å²) in [7, 11) is 0.0426. The Balaban J connectivity index is 2.22. The zero-order valence-electron chi connectivity index (χ0n) is 10.2. The largest absolute Gasteiger partial charge is 0.290 e. The van der Waals surface area contributed by atoms with E-state index in [-0.39, 0.29) is 22.7 Å². The Morgan fingerprint density at radius 1 is 1.42 bits per heavy atom. The first-order valence-electron chi connectivity index (χ1n) is 5.39. The van der Waals surface area contributed by atoms with Crippen molar-refractivity contribution in [2.45, 2.75) is 0 Å². The maximum Gasteiger partial charge on any atom is 0.241 e. The second-order valence-corrected chi connectivity index (χ2v) is 6.08. The summed E-state index contributed by atoms with van der Waals surface area (Å²) in [6.45, 7) is 3.92. The van der Waals surface area contributed by atoms with E-state index in [1.54, 1.807) is 6.08 Å². The van der Waals surface area contributed by atoms with Crippen molar-refractivity contribution < 1.29 is 13.8 Å². The van der Waals surface area contributed by atoms with Crippen LogP contribution in [0.4, 0.5) is 0 Å². The van der Waals surface area contributed by atoms with E-state index in [9.17, 15) is 13.8 Å². The van der Waals surface area contributed by atoms with E-state index < -0.39 is 10.8 Å². The number of rotatable bonds is 3. The van der Waals surface area contributed by atoms with Crippen molar-refractivity contribution in [1.82, 2.24) is 9.80 Å². The van der Waals surface area contributed by atoms with Gasteiger partial charge in [-0.2, -0.15) is 0 Å². The lowest BCUT2D eigenvalue weighted by molar-refractivity contribution is -0.124. The van der Waals surface area contributed by atoms with Gasteiger partial charge in [-0.15, -0.1) is 16.8 Å². The molecule has 2 aliphatic rings. The molecular weight excluding hydrogens is 288 g/mol. The molecule has 0 bridgehead atoms. The maximum absolute atomic E-state index is 11.6. The van der Waals surface area contributed by atoms with E-state index in [0.717, 1.165) is 0 Å². The number of nitrogens with zero attached hydrogens (tertiary/aromatic N) is 4. The predicted octanol–water partition coefficient (Wildman–Crippen LogP) is -0.405. The van der Waals surface area contributed by atoms with Gasteiger partial charge in [-0.3, -0.25) is 23.6 Å². The third-order valence-electron chi connectivity index (χ3n) is 2.51. The van der Waals surface area contributed by atoms with E-state index in [1.807, 2.05) is 0 Å². The van der Waals surface area contributed by atoms with Gasteiger partial charge in [-0.1, -0.05) is 17.8 Å². The minimum absolute atomic E-state index is 0.0668. The monoisotopic (exact) mass is 300 g/mol. The number of carbonyl (C=O) groups excluding carboxylic acids is 2. The van der Waals surface area contributed by atoms with Gasteiger partial charge in [0.1, 0.15) is 16.6 Å². The van der Waals surface area contributed by atoms with Crippen LogP contribution >= 0.6 is 11.8 Å². The van der Waals surface area contributed by atoms with Crippen molar-refractivity contribution in [3.8, 4) is 0 Å². The van der Waals surface area contributed by atoms with Crippen molar-refractivity contribution >= 4 is 44.7 Å². The van der Waals surface area contributed by atoms with Crippen molar-refractivity contribution in [1.29, 1.82) is 0 Å². The number of carbonyl (C=O) groups is 2. The summed E-state index contributed by atoms with van der Waals surface area (Å²) in [5.41, 5.74) is 0. The summed E-state index contributed by atoms with van der Waals surface area (Å²) in [6, 6.07) is 0. The van der Waals surface area contributed by atoms with Gasteiger partial charge >= 0.3 is 0 Å². The van der Waals surface area contributed by atoms with Crippen LogP contribution in [-0.2, 0) is 20.4 Å². The molecule has 0 aromatic rings. The molecule has 1 atom stereocenters. The summed E-state index contributed by atoms with van der Waals surface area (Å²) in [4.78, 5) is 25.6. The quantitative estimate of drug-likeness (QED) is 0.524. The Kier molecular flexibility index (Phi) is 4.15. The smallest absolute Gasteiger partial charge is 0.241 e. The first-order valence-corrected chi connectivity index (χ1v) is 7.69. The van der Waals surface area contributed by atoms with Crippen LogP contribution in [0.3, 0.4) is 0 Å². The number of hydrogen-bond donors (Lipinski definition) is 0. The van der Waals surface area contributed by atoms with Gasteiger partial charge < -0.3 is 0 Å². The average Bonchev–Trinajstić information content (AvgIpc) is 2.82. The molecule has 2 amide bonds. The molecule has 0 N–H and O–H groups in total. The van der Waals surface area contributed by atoms with E-state index in [0.29, 0.717) is 17.5 Å². The van der Waals surface area contributed by atoms with Crippen LogP contribution in [0.25, 0.3) is 0 Å². The Morgan fingerprint density at radius 3 is 2.74 bits per heavy atom. The van der Waals surface area contributed by atoms with Gasteiger partial charge in [0, 0.05) is 13.6 Å². The molecular formula is C10H12N4O3S2. The molecule has 2 rings (SSSR count). The number of amidine groups is 2. The Hall–Kier alpha value is -1.48. The van der Waals surface area contributed by atoms with Gasteiger partial charge in [0.15, 0.2) is 5.17 Å². The third kappa shape index (κ3) is 2.76. The lowest BCUT2D eigenvalue weighted by Gasteiger charge is -2.12. The fraction of sp³-hybridized carbons (Fsp3) is 0.400. The van der Waals surface area contributed by atoms with Crippen molar-refractivity contribution in [3.05, 3.63) is 12.7 Å². The minimum Gasteiger partial charge on any atom is -0.290 e. The molecule has 0 radical (unpaired) electrons. The van der Waals surface area contributed by atoms with E-state index in [4.69, 9.17) is 0 Å². The predicted molar refractivity (Wildman–Crippen MR) is 75.0 cm³/mol. The molecule has 0 aromatic heterocycles. The van der Waals surface area contributed by atoms with E-state index in [2.05, 4.69) is 16.8 Å². The van der Waals surface area contributed by atoms with Gasteiger partial charge in [-0.25, -0.2) is 0 Å². The molecule has 19 heavy (non-hydrogen) atoms. The zero-order chi connectivity index (χ0) is 14.0. The van der Waals surface area contributed by atoms with Crippen molar-refractivity contribution in [3.63, 3.8) is 0 Å². The first-order chi connectivity index (χ1) is 9.04. The highest BCUT2D eigenvalue weighted by Crippen LogP contribution is 2.19. The van der Waals surface area contributed by atoms with Gasteiger partial charge in [0.05, 0.1) is 5.75 Å². The molecule has 1 unspecified atom stereocenters. The Bertz CT molecular complexity index is 529. The first kappa shape index (κ1) is 13.9. The van der Waals surface area contributed by atoms with Gasteiger partial charge in [-0.05, 0) is 0 Å². The fourth-order valence-electron chi connectivity index (χ4n) is 1.51. The second-order valence-electron chi connectivity index (χ2n) is 3.79. The van der Waals surface area contributed by atoms with Crippen LogP contribution in [-0.4, -0.2) is 61.3 Å². The number of hydrogen-bond acceptors (Lipinski definition) is 6. The number of amides is 2. The van der Waals surface area contributed by atoms with Crippen LogP contribution in [0.15, 0.2) is 22.9 Å². The highest BCUT2D eigenvalue weighted by molar-refractivity contribution is 8.15. The second kappa shape index (κ2) is 5.66. The highest BCUT2D eigenvalue weighted by atomic mass is 32.2. The summed E-state index contributed by atoms with van der Waals surface area (Å²) < 4.78 is 11.6. The summed E-state index contributed by atoms with van der Waals surface area (Å²) >= 11 is 1.25. The molecule has 0 aromatic carbocycles. The van der Waals surface area contributed by atoms with Crippen LogP contribution in [0.5, 0.6) is 0 Å². The Morgan fingerprint density at radius 2 is 2.16 bits per heavy atom. The SMILES string of the molecule is C=CCN1C(=O)CSC1=NN=C1N(C)C(=O)CS1=O. The van der Waals surface area contributed by atoms with Crippen molar-refractivity contribution in [2.75, 3.05) is 25.1 Å². The summed E-state index contributed by atoms with van der Waals surface area (Å²) in [5, 5.41) is 8.33. The molecule has 2 heterocycles. The number of thioether (sulfide) groups is 1. The molecule has 102 valence electrons. The zero-order valence-corrected chi connectivity index (χ0v) is 11.9. The van der Waals surface area contributed by atoms with Crippen LogP contribution in [0, 0.1) is 0 Å². The standard InChI is InChI=1S/C10H12N4O3S2/c1-3-4-14-7(15)5-18-9(14)11-12-10-13(2)8(16)6-19(10)17/h3H,1,4-6H2,2H3. The molecule has 2 aliphatic heterocycles. The van der Waals surface area contributed by atoms with Crippen LogP contribution in [0.1, 0.15) is 0 Å². The molecule has 9 heteroatoms. The van der Waals surface area contributed by atoms with E-state index in [1.165, 1.54) is 28.6 Å². The molecule has 2 saturated heterocycles. The molecule has 7 nitrogen and oxygen atoms in total. The molecule has 0 spiro atoms. The average molecular weight is 300 g/mol. The van der Waals surface area contributed by atoms with Gasteiger partial charge in [0.25, 0.3) is 0 Å². The van der Waals surface area contributed by atoms with Crippen LogP contribution < -0.4 is 0 Å². The van der Waals surface area contributed by atoms with E-state index >= 15 is 0 Å². The molecule has 0 aliphatic carbocycles.